The molecule has 1 unspecified atom stereocenters. The molecular weight excluding hydrogens is 422 g/mol. The van der Waals surface area contributed by atoms with Crippen molar-refractivity contribution >= 4 is 22.5 Å². The van der Waals surface area contributed by atoms with Crippen LogP contribution in [0.4, 0.5) is 14.5 Å². The van der Waals surface area contributed by atoms with Gasteiger partial charge >= 0.3 is 0 Å². The van der Waals surface area contributed by atoms with Gasteiger partial charge in [0.25, 0.3) is 5.91 Å². The number of benzene rings is 2. The molecule has 5 nitrogen and oxygen atoms in total. The first-order valence-electron chi connectivity index (χ1n) is 10.8. The second kappa shape index (κ2) is 8.67. The van der Waals surface area contributed by atoms with Crippen LogP contribution >= 0.6 is 0 Å². The molecule has 2 aromatic heterocycles. The molecule has 1 aliphatic heterocycles. The number of nitrogens with one attached hydrogen (secondary N) is 1. The van der Waals surface area contributed by atoms with Gasteiger partial charge in [0.2, 0.25) is 0 Å². The molecule has 0 fully saturated rings. The van der Waals surface area contributed by atoms with Gasteiger partial charge in [0.1, 0.15) is 0 Å². The summed E-state index contributed by atoms with van der Waals surface area (Å²) in [5.74, 6) is -2.34. The lowest BCUT2D eigenvalue weighted by molar-refractivity contribution is 0.102. The number of nitrogens with zero attached hydrogens (tertiary/aromatic N) is 3. The molecule has 3 heterocycles. The SMILES string of the molecule is CC(c1ccccn1)N1CCc2nc3ccccc3c(C(=O)Nc3ccc(F)c(F)c3)c2C1. The number of hydrogen-bond acceptors (Lipinski definition) is 4. The summed E-state index contributed by atoms with van der Waals surface area (Å²) in [5, 5.41) is 3.47. The molecule has 1 N–H and O–H groups in total. The number of aromatic nitrogens is 2. The monoisotopic (exact) mass is 444 g/mol. The minimum absolute atomic E-state index is 0.0629. The zero-order chi connectivity index (χ0) is 22.9. The number of hydrogen-bond donors (Lipinski definition) is 1. The molecular formula is C26H22F2N4O. The minimum atomic E-state index is -1.01. The van der Waals surface area contributed by atoms with Gasteiger partial charge in [0.15, 0.2) is 11.6 Å². The Morgan fingerprint density at radius 3 is 2.67 bits per heavy atom. The number of halogens is 2. The first-order chi connectivity index (χ1) is 16.0. The van der Waals surface area contributed by atoms with E-state index in [1.165, 1.54) is 6.07 Å². The number of carbonyl (C=O) groups excluding carboxylic acids is 1. The smallest absolute Gasteiger partial charge is 0.256 e. The highest BCUT2D eigenvalue weighted by molar-refractivity contribution is 6.13. The molecule has 166 valence electrons. The predicted molar refractivity (Wildman–Crippen MR) is 123 cm³/mol. The number of amides is 1. The van der Waals surface area contributed by atoms with Crippen molar-refractivity contribution in [3.05, 3.63) is 101 Å². The Labute approximate surface area is 190 Å². The van der Waals surface area contributed by atoms with Crippen molar-refractivity contribution < 1.29 is 13.6 Å². The Hall–Kier alpha value is -3.71. The van der Waals surface area contributed by atoms with Crippen molar-refractivity contribution in [2.45, 2.75) is 25.9 Å². The summed E-state index contributed by atoms with van der Waals surface area (Å²) in [6, 6.07) is 16.7. The van der Waals surface area contributed by atoms with E-state index >= 15 is 0 Å². The topological polar surface area (TPSA) is 58.1 Å². The average molecular weight is 444 g/mol. The van der Waals surface area contributed by atoms with Crippen molar-refractivity contribution in [1.29, 1.82) is 0 Å². The van der Waals surface area contributed by atoms with Crippen LogP contribution in [0, 0.1) is 11.6 Å². The van der Waals surface area contributed by atoms with Crippen LogP contribution in [-0.4, -0.2) is 27.3 Å². The number of anilines is 1. The van der Waals surface area contributed by atoms with Gasteiger partial charge < -0.3 is 5.32 Å². The zero-order valence-electron chi connectivity index (χ0n) is 18.1. The number of para-hydroxylation sites is 1. The van der Waals surface area contributed by atoms with Gasteiger partial charge in [0, 0.05) is 60.1 Å². The van der Waals surface area contributed by atoms with Gasteiger partial charge in [0.05, 0.1) is 16.8 Å². The van der Waals surface area contributed by atoms with Gasteiger partial charge in [-0.2, -0.15) is 0 Å². The molecule has 0 bridgehead atoms. The summed E-state index contributed by atoms with van der Waals surface area (Å²) in [4.78, 5) is 25.0. The molecule has 5 rings (SSSR count). The molecule has 0 spiro atoms. The Balaban J connectivity index is 1.55. The third kappa shape index (κ3) is 4.07. The minimum Gasteiger partial charge on any atom is -0.322 e. The van der Waals surface area contributed by atoms with E-state index in [0.717, 1.165) is 46.5 Å². The van der Waals surface area contributed by atoms with E-state index in [0.29, 0.717) is 18.5 Å². The van der Waals surface area contributed by atoms with Crippen LogP contribution in [0.15, 0.2) is 66.9 Å². The van der Waals surface area contributed by atoms with Gasteiger partial charge in [-0.15, -0.1) is 0 Å². The van der Waals surface area contributed by atoms with E-state index < -0.39 is 11.6 Å². The fourth-order valence-electron chi connectivity index (χ4n) is 4.38. The summed E-state index contributed by atoms with van der Waals surface area (Å²) >= 11 is 0. The molecule has 0 saturated heterocycles. The predicted octanol–water partition coefficient (Wildman–Crippen LogP) is 5.28. The Morgan fingerprint density at radius 1 is 1.06 bits per heavy atom. The highest BCUT2D eigenvalue weighted by Crippen LogP contribution is 2.32. The van der Waals surface area contributed by atoms with E-state index in [2.05, 4.69) is 22.1 Å². The van der Waals surface area contributed by atoms with Gasteiger partial charge in [-0.25, -0.2) is 8.78 Å². The average Bonchev–Trinajstić information content (AvgIpc) is 2.84. The van der Waals surface area contributed by atoms with E-state index in [1.54, 1.807) is 6.20 Å². The number of pyridine rings is 2. The maximum Gasteiger partial charge on any atom is 0.256 e. The van der Waals surface area contributed by atoms with Crippen molar-refractivity contribution in [2.75, 3.05) is 11.9 Å². The van der Waals surface area contributed by atoms with E-state index in [4.69, 9.17) is 4.98 Å². The fourth-order valence-corrected chi connectivity index (χ4v) is 4.38. The first-order valence-corrected chi connectivity index (χ1v) is 10.8. The second-order valence-corrected chi connectivity index (χ2v) is 8.16. The van der Waals surface area contributed by atoms with Crippen LogP contribution in [0.3, 0.4) is 0 Å². The number of rotatable bonds is 4. The third-order valence-corrected chi connectivity index (χ3v) is 6.14. The molecule has 0 aliphatic carbocycles. The Morgan fingerprint density at radius 2 is 1.88 bits per heavy atom. The van der Waals surface area contributed by atoms with Crippen LogP contribution < -0.4 is 5.32 Å². The number of carbonyl (C=O) groups is 1. The fraction of sp³-hybridized carbons (Fsp3) is 0.192. The maximum absolute atomic E-state index is 13.7. The Bertz CT molecular complexity index is 1340. The maximum atomic E-state index is 13.7. The third-order valence-electron chi connectivity index (χ3n) is 6.14. The lowest BCUT2D eigenvalue weighted by atomic mass is 9.94. The zero-order valence-corrected chi connectivity index (χ0v) is 18.1. The quantitative estimate of drug-likeness (QED) is 0.465. The molecule has 0 radical (unpaired) electrons. The molecule has 4 aromatic rings. The highest BCUT2D eigenvalue weighted by Gasteiger charge is 2.28. The first kappa shape index (κ1) is 21.2. The van der Waals surface area contributed by atoms with Gasteiger partial charge in [-0.05, 0) is 37.3 Å². The number of fused-ring (bicyclic) bond motifs is 2. The van der Waals surface area contributed by atoms with Crippen LogP contribution in [0.1, 0.15) is 40.3 Å². The van der Waals surface area contributed by atoms with E-state index in [-0.39, 0.29) is 17.6 Å². The molecule has 7 heteroatoms. The second-order valence-electron chi connectivity index (χ2n) is 8.16. The largest absolute Gasteiger partial charge is 0.322 e. The summed E-state index contributed by atoms with van der Waals surface area (Å²) in [6.07, 6.45) is 2.47. The molecule has 33 heavy (non-hydrogen) atoms. The summed E-state index contributed by atoms with van der Waals surface area (Å²) in [6.45, 7) is 3.43. The lowest BCUT2D eigenvalue weighted by Gasteiger charge is -2.34. The van der Waals surface area contributed by atoms with Crippen molar-refractivity contribution in [3.8, 4) is 0 Å². The van der Waals surface area contributed by atoms with E-state index in [1.807, 2.05) is 42.5 Å². The van der Waals surface area contributed by atoms with Crippen LogP contribution in [0.5, 0.6) is 0 Å². The lowest BCUT2D eigenvalue weighted by Crippen LogP contribution is -2.35. The molecule has 2 aromatic carbocycles. The van der Waals surface area contributed by atoms with Crippen molar-refractivity contribution in [2.24, 2.45) is 0 Å². The van der Waals surface area contributed by atoms with Crippen molar-refractivity contribution in [1.82, 2.24) is 14.9 Å². The summed E-state index contributed by atoms with van der Waals surface area (Å²) in [5.41, 5.74) is 4.14. The van der Waals surface area contributed by atoms with Crippen LogP contribution in [0.2, 0.25) is 0 Å². The molecule has 1 amide bonds. The summed E-state index contributed by atoms with van der Waals surface area (Å²) in [7, 11) is 0. The Kier molecular flexibility index (Phi) is 5.56. The van der Waals surface area contributed by atoms with Gasteiger partial charge in [-0.3, -0.25) is 19.7 Å². The van der Waals surface area contributed by atoms with Crippen molar-refractivity contribution in [3.63, 3.8) is 0 Å². The standard InChI is InChI=1S/C26H22F2N4O/c1-16(22-7-4-5-12-29-22)32-13-11-24-19(15-32)25(18-6-2-3-8-23(18)31-24)26(33)30-17-9-10-20(27)21(28)14-17/h2-10,12,14,16H,11,13,15H2,1H3,(H,30,33). The normalized spacial score (nSPS) is 14.6. The molecule has 0 saturated carbocycles. The molecule has 1 aliphatic rings. The van der Waals surface area contributed by atoms with Gasteiger partial charge in [-0.1, -0.05) is 24.3 Å². The highest BCUT2D eigenvalue weighted by atomic mass is 19.2. The summed E-state index contributed by atoms with van der Waals surface area (Å²) < 4.78 is 27.1. The van der Waals surface area contributed by atoms with Crippen LogP contribution in [0.25, 0.3) is 10.9 Å². The molecule has 1 atom stereocenters. The van der Waals surface area contributed by atoms with E-state index in [9.17, 15) is 13.6 Å². The van der Waals surface area contributed by atoms with Crippen LogP contribution in [-0.2, 0) is 13.0 Å².